The van der Waals surface area contributed by atoms with Gasteiger partial charge in [-0.15, -0.1) is 10.2 Å². The molecule has 0 aliphatic rings. The zero-order valence-corrected chi connectivity index (χ0v) is 13.2. The number of aromatic nitrogens is 3. The van der Waals surface area contributed by atoms with Gasteiger partial charge in [0, 0.05) is 15.7 Å². The molecule has 0 aliphatic carbocycles. The quantitative estimate of drug-likeness (QED) is 0.792. The van der Waals surface area contributed by atoms with Crippen LogP contribution < -0.4 is 5.73 Å². The zero-order valence-electron chi connectivity index (χ0n) is 11.6. The Hall–Kier alpha value is -1.98. The first-order valence-corrected chi connectivity index (χ1v) is 7.46. The first kappa shape index (κ1) is 14.0. The van der Waals surface area contributed by atoms with Crippen molar-refractivity contribution in [3.63, 3.8) is 0 Å². The van der Waals surface area contributed by atoms with E-state index in [1.165, 1.54) is 0 Å². The second-order valence-corrected chi connectivity index (χ2v) is 5.69. The fourth-order valence-corrected chi connectivity index (χ4v) is 2.67. The van der Waals surface area contributed by atoms with Gasteiger partial charge in [-0.1, -0.05) is 40.2 Å². The van der Waals surface area contributed by atoms with Gasteiger partial charge in [0.2, 0.25) is 0 Å². The van der Waals surface area contributed by atoms with Crippen molar-refractivity contribution in [1.82, 2.24) is 14.8 Å². The summed E-state index contributed by atoms with van der Waals surface area (Å²) in [4.78, 5) is 0. The van der Waals surface area contributed by atoms with Gasteiger partial charge in [-0.2, -0.15) is 0 Å². The van der Waals surface area contributed by atoms with Crippen molar-refractivity contribution < 1.29 is 0 Å². The third-order valence-electron chi connectivity index (χ3n) is 3.37. The molecule has 0 atom stereocenters. The molecule has 0 saturated heterocycles. The summed E-state index contributed by atoms with van der Waals surface area (Å²) in [5, 5.41) is 8.58. The van der Waals surface area contributed by atoms with Crippen molar-refractivity contribution in [2.24, 2.45) is 5.73 Å². The van der Waals surface area contributed by atoms with E-state index in [1.54, 1.807) is 0 Å². The molecule has 0 radical (unpaired) electrons. The van der Waals surface area contributed by atoms with Crippen LogP contribution in [0.15, 0.2) is 53.0 Å². The smallest absolute Gasteiger partial charge is 0.168 e. The molecule has 106 valence electrons. The van der Waals surface area contributed by atoms with Gasteiger partial charge in [-0.25, -0.2) is 0 Å². The van der Waals surface area contributed by atoms with Gasteiger partial charge in [-0.3, -0.25) is 4.57 Å². The summed E-state index contributed by atoms with van der Waals surface area (Å²) in [5.74, 6) is 1.55. The number of nitrogens with zero attached hydrogens (tertiary/aromatic N) is 3. The molecule has 5 heteroatoms. The topological polar surface area (TPSA) is 56.7 Å². The molecule has 4 nitrogen and oxygen atoms in total. The molecule has 3 aromatic rings. The predicted octanol–water partition coefficient (Wildman–Crippen LogP) is 3.46. The standard InChI is InChI=1S/C16H15BrN4/c1-11-7-8-12(17)9-14(11)16-20-19-15(10-18)21(16)13-5-3-2-4-6-13/h2-9H,10,18H2,1H3. The highest BCUT2D eigenvalue weighted by atomic mass is 79.9. The highest BCUT2D eigenvalue weighted by Crippen LogP contribution is 2.28. The van der Waals surface area contributed by atoms with E-state index in [2.05, 4.69) is 45.2 Å². The van der Waals surface area contributed by atoms with E-state index in [0.717, 1.165) is 32.9 Å². The number of nitrogens with two attached hydrogens (primary N) is 1. The third kappa shape index (κ3) is 2.62. The van der Waals surface area contributed by atoms with Crippen LogP contribution in [-0.4, -0.2) is 14.8 Å². The van der Waals surface area contributed by atoms with Crippen LogP contribution in [0.1, 0.15) is 11.4 Å². The monoisotopic (exact) mass is 342 g/mol. The maximum Gasteiger partial charge on any atom is 0.168 e. The molecule has 0 saturated carbocycles. The van der Waals surface area contributed by atoms with Crippen LogP contribution in [0.5, 0.6) is 0 Å². The van der Waals surface area contributed by atoms with Crippen molar-refractivity contribution in [2.45, 2.75) is 13.5 Å². The third-order valence-corrected chi connectivity index (χ3v) is 3.86. The Kier molecular flexibility index (Phi) is 3.86. The number of hydrogen-bond acceptors (Lipinski definition) is 3. The van der Waals surface area contributed by atoms with Crippen molar-refractivity contribution >= 4 is 15.9 Å². The first-order chi connectivity index (χ1) is 10.2. The molecule has 0 amide bonds. The number of para-hydroxylation sites is 1. The molecule has 0 bridgehead atoms. The van der Waals surface area contributed by atoms with Crippen LogP contribution in [0.3, 0.4) is 0 Å². The summed E-state index contributed by atoms with van der Waals surface area (Å²) in [5.41, 5.74) is 9.01. The SMILES string of the molecule is Cc1ccc(Br)cc1-c1nnc(CN)n1-c1ccccc1. The minimum absolute atomic E-state index is 0.342. The first-order valence-electron chi connectivity index (χ1n) is 6.67. The van der Waals surface area contributed by atoms with Crippen LogP contribution in [0.4, 0.5) is 0 Å². The Morgan fingerprint density at radius 3 is 2.57 bits per heavy atom. The van der Waals surface area contributed by atoms with E-state index in [-0.39, 0.29) is 0 Å². The Morgan fingerprint density at radius 1 is 1.10 bits per heavy atom. The average Bonchev–Trinajstić information content (AvgIpc) is 2.94. The number of benzene rings is 2. The fourth-order valence-electron chi connectivity index (χ4n) is 2.31. The predicted molar refractivity (Wildman–Crippen MR) is 87.1 cm³/mol. The molecule has 1 aromatic heterocycles. The highest BCUT2D eigenvalue weighted by molar-refractivity contribution is 9.10. The van der Waals surface area contributed by atoms with E-state index < -0.39 is 0 Å². The van der Waals surface area contributed by atoms with Crippen molar-refractivity contribution in [3.05, 3.63) is 64.4 Å². The van der Waals surface area contributed by atoms with Gasteiger partial charge in [0.25, 0.3) is 0 Å². The summed E-state index contributed by atoms with van der Waals surface area (Å²) in [6.45, 7) is 2.41. The Morgan fingerprint density at radius 2 is 1.86 bits per heavy atom. The lowest BCUT2D eigenvalue weighted by Gasteiger charge is -2.11. The van der Waals surface area contributed by atoms with Gasteiger partial charge in [0.1, 0.15) is 0 Å². The lowest BCUT2D eigenvalue weighted by molar-refractivity contribution is 0.861. The van der Waals surface area contributed by atoms with E-state index in [0.29, 0.717) is 6.54 Å². The molecule has 1 heterocycles. The van der Waals surface area contributed by atoms with Crippen molar-refractivity contribution in [1.29, 1.82) is 0 Å². The molecule has 21 heavy (non-hydrogen) atoms. The summed E-state index contributed by atoms with van der Waals surface area (Å²) in [6.07, 6.45) is 0. The van der Waals surface area contributed by atoms with Gasteiger partial charge in [0.05, 0.1) is 6.54 Å². The molecule has 2 N–H and O–H groups in total. The van der Waals surface area contributed by atoms with Crippen LogP contribution in [0.25, 0.3) is 17.1 Å². The van der Waals surface area contributed by atoms with E-state index in [4.69, 9.17) is 5.73 Å². The minimum Gasteiger partial charge on any atom is -0.324 e. The Bertz CT molecular complexity index is 765. The maximum atomic E-state index is 5.81. The second kappa shape index (κ2) is 5.79. The zero-order chi connectivity index (χ0) is 14.8. The molecule has 0 unspecified atom stereocenters. The van der Waals surface area contributed by atoms with Crippen LogP contribution >= 0.6 is 15.9 Å². The van der Waals surface area contributed by atoms with Crippen molar-refractivity contribution in [3.8, 4) is 17.1 Å². The maximum absolute atomic E-state index is 5.81. The Labute approximate surface area is 131 Å². The molecule has 0 aliphatic heterocycles. The average molecular weight is 343 g/mol. The fraction of sp³-hybridized carbons (Fsp3) is 0.125. The van der Waals surface area contributed by atoms with Crippen LogP contribution in [0.2, 0.25) is 0 Å². The molecule has 2 aromatic carbocycles. The van der Waals surface area contributed by atoms with Gasteiger partial charge < -0.3 is 5.73 Å². The number of rotatable bonds is 3. The van der Waals surface area contributed by atoms with Gasteiger partial charge in [0.15, 0.2) is 11.6 Å². The summed E-state index contributed by atoms with van der Waals surface area (Å²) in [6, 6.07) is 16.2. The largest absolute Gasteiger partial charge is 0.324 e. The van der Waals surface area contributed by atoms with Crippen LogP contribution in [-0.2, 0) is 6.54 Å². The van der Waals surface area contributed by atoms with Crippen LogP contribution in [0, 0.1) is 6.92 Å². The molecular formula is C16H15BrN4. The van der Waals surface area contributed by atoms with E-state index >= 15 is 0 Å². The molecular weight excluding hydrogens is 328 g/mol. The number of halogens is 1. The minimum atomic E-state index is 0.342. The Balaban J connectivity index is 2.25. The normalized spacial score (nSPS) is 10.8. The van der Waals surface area contributed by atoms with Gasteiger partial charge >= 0.3 is 0 Å². The lowest BCUT2D eigenvalue weighted by atomic mass is 10.1. The molecule has 0 spiro atoms. The highest BCUT2D eigenvalue weighted by Gasteiger charge is 2.16. The number of aryl methyl sites for hydroxylation is 1. The van der Waals surface area contributed by atoms with E-state index in [9.17, 15) is 0 Å². The van der Waals surface area contributed by atoms with Crippen molar-refractivity contribution in [2.75, 3.05) is 0 Å². The molecule has 3 rings (SSSR count). The van der Waals surface area contributed by atoms with Gasteiger partial charge in [-0.05, 0) is 36.8 Å². The molecule has 0 fully saturated rings. The second-order valence-electron chi connectivity index (χ2n) is 4.77. The summed E-state index contributed by atoms with van der Waals surface area (Å²) < 4.78 is 3.02. The summed E-state index contributed by atoms with van der Waals surface area (Å²) >= 11 is 3.52. The number of hydrogen-bond donors (Lipinski definition) is 1. The lowest BCUT2D eigenvalue weighted by Crippen LogP contribution is -2.08. The van der Waals surface area contributed by atoms with E-state index in [1.807, 2.05) is 41.0 Å². The summed E-state index contributed by atoms with van der Waals surface area (Å²) in [7, 11) is 0.